The van der Waals surface area contributed by atoms with E-state index in [1.807, 2.05) is 60.8 Å². The van der Waals surface area contributed by atoms with Crippen molar-refractivity contribution in [3.8, 4) is 0 Å². The topological polar surface area (TPSA) is 158 Å². The molecule has 0 rings (SSSR count). The van der Waals surface area contributed by atoms with Crippen LogP contribution in [0.25, 0.3) is 0 Å². The van der Waals surface area contributed by atoms with Crippen LogP contribution >= 0.6 is 7.82 Å². The molecular formula is C45H78NO9P. The average molecular weight is 808 g/mol. The number of rotatable bonds is 39. The molecule has 0 aromatic rings. The zero-order chi connectivity index (χ0) is 41.2. The van der Waals surface area contributed by atoms with Crippen molar-refractivity contribution in [3.05, 3.63) is 85.1 Å². The highest BCUT2D eigenvalue weighted by Gasteiger charge is 2.25. The van der Waals surface area contributed by atoms with Crippen LogP contribution in [0, 0.1) is 0 Å². The molecule has 0 amide bonds. The maximum absolute atomic E-state index is 12.5. The van der Waals surface area contributed by atoms with E-state index >= 15 is 0 Å². The lowest BCUT2D eigenvalue weighted by atomic mass is 10.1. The summed E-state index contributed by atoms with van der Waals surface area (Å²) in [6.45, 7) is 4.13. The number of unbranched alkanes of at least 4 members (excludes halogenated alkanes) is 12. The fraction of sp³-hybridized carbons (Fsp3) is 0.667. The van der Waals surface area contributed by atoms with Gasteiger partial charge in [0.2, 0.25) is 0 Å². The number of carbonyl (C=O) groups is 1. The lowest BCUT2D eigenvalue weighted by molar-refractivity contribution is -0.154. The molecule has 0 aromatic carbocycles. The summed E-state index contributed by atoms with van der Waals surface area (Å²) in [4.78, 5) is 22.4. The first kappa shape index (κ1) is 53.6. The first-order valence-corrected chi connectivity index (χ1v) is 22.7. The van der Waals surface area contributed by atoms with Crippen molar-refractivity contribution in [1.82, 2.24) is 0 Å². The summed E-state index contributed by atoms with van der Waals surface area (Å²) in [5.41, 5.74) is 5.35. The summed E-state index contributed by atoms with van der Waals surface area (Å²) in [7, 11) is -4.32. The van der Waals surface area contributed by atoms with Crippen molar-refractivity contribution in [1.29, 1.82) is 0 Å². The molecule has 0 aromatic heterocycles. The second kappa shape index (κ2) is 40.8. The van der Waals surface area contributed by atoms with Gasteiger partial charge in [-0.05, 0) is 71.1 Å². The SMILES string of the molecule is CCCCCCCC/C=C\CCCCCCCCOCC(COP(=O)(O)OCCN)OC(=O)CC/C=C/C/C=C/C/C=C/C=C\C(O)C/C=C/C/C=C\C(C)O. The smallest absolute Gasteiger partial charge is 0.457 e. The van der Waals surface area contributed by atoms with Crippen LogP contribution < -0.4 is 5.73 Å². The minimum atomic E-state index is -4.32. The van der Waals surface area contributed by atoms with Gasteiger partial charge in [-0.2, -0.15) is 0 Å². The lowest BCUT2D eigenvalue weighted by Crippen LogP contribution is -2.28. The molecule has 4 unspecified atom stereocenters. The predicted octanol–water partition coefficient (Wildman–Crippen LogP) is 10.5. The quantitative estimate of drug-likeness (QED) is 0.0155. The minimum absolute atomic E-state index is 0.0563. The van der Waals surface area contributed by atoms with Gasteiger partial charge in [-0.25, -0.2) is 4.57 Å². The zero-order valence-corrected chi connectivity index (χ0v) is 35.7. The van der Waals surface area contributed by atoms with Crippen molar-refractivity contribution in [2.24, 2.45) is 5.73 Å². The number of nitrogens with two attached hydrogens (primary N) is 1. The number of allylic oxidation sites excluding steroid dienone is 11. The van der Waals surface area contributed by atoms with E-state index in [9.17, 15) is 24.5 Å². The highest BCUT2D eigenvalue weighted by atomic mass is 31.2. The van der Waals surface area contributed by atoms with Crippen molar-refractivity contribution in [3.63, 3.8) is 0 Å². The van der Waals surface area contributed by atoms with Crippen LogP contribution in [-0.2, 0) is 27.9 Å². The van der Waals surface area contributed by atoms with E-state index in [1.165, 1.54) is 64.2 Å². The van der Waals surface area contributed by atoms with Crippen LogP contribution in [0.5, 0.6) is 0 Å². The molecule has 4 atom stereocenters. The number of phosphoric acid groups is 1. The van der Waals surface area contributed by atoms with E-state index in [4.69, 9.17) is 24.3 Å². The molecule has 0 bridgehead atoms. The summed E-state index contributed by atoms with van der Waals surface area (Å²) in [5, 5.41) is 19.2. The number of hydrogen-bond donors (Lipinski definition) is 4. The van der Waals surface area contributed by atoms with E-state index < -0.39 is 32.1 Å². The van der Waals surface area contributed by atoms with Crippen LogP contribution in [0.15, 0.2) is 85.1 Å². The molecule has 56 heavy (non-hydrogen) atoms. The zero-order valence-electron chi connectivity index (χ0n) is 34.8. The Labute approximate surface area is 340 Å². The molecule has 0 radical (unpaired) electrons. The third-order valence-corrected chi connectivity index (χ3v) is 9.39. The molecule has 11 heteroatoms. The van der Waals surface area contributed by atoms with Gasteiger partial charge in [-0.1, -0.05) is 150 Å². The van der Waals surface area contributed by atoms with Crippen molar-refractivity contribution in [2.45, 2.75) is 161 Å². The van der Waals surface area contributed by atoms with E-state index in [1.54, 1.807) is 19.1 Å². The predicted molar refractivity (Wildman–Crippen MR) is 231 cm³/mol. The van der Waals surface area contributed by atoms with E-state index in [-0.39, 0.29) is 32.8 Å². The number of aliphatic hydroxyl groups excluding tert-OH is 2. The molecule has 0 saturated carbocycles. The molecule has 0 aliphatic rings. The molecule has 0 spiro atoms. The fourth-order valence-electron chi connectivity index (χ4n) is 5.29. The molecular weight excluding hydrogens is 729 g/mol. The van der Waals surface area contributed by atoms with Gasteiger partial charge in [0.15, 0.2) is 0 Å². The molecule has 0 aliphatic heterocycles. The van der Waals surface area contributed by atoms with Crippen LogP contribution in [0.1, 0.15) is 142 Å². The lowest BCUT2D eigenvalue weighted by Gasteiger charge is -2.19. The van der Waals surface area contributed by atoms with Crippen molar-refractivity contribution in [2.75, 3.05) is 33.0 Å². The standard InChI is InChI=1S/C45H78NO9P/c1-3-4-5-6-7-8-9-10-11-12-13-16-19-22-27-32-38-52-40-44(41-54-56(50,51)53-39-37-46)55-45(49)36-31-24-21-18-15-14-17-20-23-29-34-43(48)35-30-26-25-28-33-42(2)47/h10-11,14-15,20-21,23-24,26,28-30,33-34,42-44,47-48H,3-9,12-13,16-19,22,25,27,31-32,35-41,46H2,1-2H3,(H,50,51)/b11-10-,15-14+,23-20+,24-21+,30-26+,33-28-,34-29-. The van der Waals surface area contributed by atoms with E-state index in [0.29, 0.717) is 19.4 Å². The Hall–Kier alpha value is -2.40. The largest absolute Gasteiger partial charge is 0.472 e. The third kappa shape index (κ3) is 41.2. The number of esters is 1. The number of phosphoric ester groups is 1. The number of carbonyl (C=O) groups excluding carboxylic acids is 1. The number of ether oxygens (including phenoxy) is 2. The maximum atomic E-state index is 12.5. The molecule has 0 fully saturated rings. The summed E-state index contributed by atoms with van der Waals surface area (Å²) in [6, 6.07) is 0. The summed E-state index contributed by atoms with van der Waals surface area (Å²) >= 11 is 0. The Balaban J connectivity index is 4.28. The third-order valence-electron chi connectivity index (χ3n) is 8.40. The minimum Gasteiger partial charge on any atom is -0.457 e. The van der Waals surface area contributed by atoms with Crippen LogP contribution in [0.4, 0.5) is 0 Å². The fourth-order valence-corrected chi connectivity index (χ4v) is 6.05. The van der Waals surface area contributed by atoms with Crippen molar-refractivity contribution >= 4 is 13.8 Å². The molecule has 0 heterocycles. The molecule has 0 saturated heterocycles. The first-order valence-electron chi connectivity index (χ1n) is 21.2. The van der Waals surface area contributed by atoms with Gasteiger partial charge in [0.1, 0.15) is 6.10 Å². The highest BCUT2D eigenvalue weighted by Crippen LogP contribution is 2.43. The van der Waals surface area contributed by atoms with Crippen LogP contribution in [0.2, 0.25) is 0 Å². The second-order valence-electron chi connectivity index (χ2n) is 14.0. The van der Waals surface area contributed by atoms with Gasteiger partial charge in [0.25, 0.3) is 0 Å². The Morgan fingerprint density at radius 2 is 1.25 bits per heavy atom. The Morgan fingerprint density at radius 1 is 0.661 bits per heavy atom. The summed E-state index contributed by atoms with van der Waals surface area (Å²) in [5.74, 6) is -0.445. The van der Waals surface area contributed by atoms with Gasteiger partial charge >= 0.3 is 13.8 Å². The van der Waals surface area contributed by atoms with Crippen LogP contribution in [0.3, 0.4) is 0 Å². The van der Waals surface area contributed by atoms with Crippen molar-refractivity contribution < 1.29 is 43.0 Å². The van der Waals surface area contributed by atoms with Gasteiger partial charge in [0, 0.05) is 19.6 Å². The average Bonchev–Trinajstić information content (AvgIpc) is 3.17. The highest BCUT2D eigenvalue weighted by molar-refractivity contribution is 7.47. The first-order chi connectivity index (χ1) is 27.2. The molecule has 5 N–H and O–H groups in total. The van der Waals surface area contributed by atoms with Crippen LogP contribution in [-0.4, -0.2) is 72.4 Å². The summed E-state index contributed by atoms with van der Waals surface area (Å²) in [6.07, 6.45) is 46.4. The van der Waals surface area contributed by atoms with Gasteiger partial charge in [-0.15, -0.1) is 0 Å². The Bertz CT molecular complexity index is 1160. The second-order valence-corrected chi connectivity index (χ2v) is 15.4. The maximum Gasteiger partial charge on any atom is 0.472 e. The number of aliphatic hydroxyl groups is 2. The molecule has 10 nitrogen and oxygen atoms in total. The van der Waals surface area contributed by atoms with Gasteiger partial charge in [0.05, 0.1) is 32.0 Å². The summed E-state index contributed by atoms with van der Waals surface area (Å²) < 4.78 is 33.3. The van der Waals surface area contributed by atoms with Gasteiger partial charge in [-0.3, -0.25) is 13.8 Å². The normalized spacial score (nSPS) is 15.5. The Kier molecular flexibility index (Phi) is 39.0. The number of hydrogen-bond acceptors (Lipinski definition) is 9. The molecule has 0 aliphatic carbocycles. The van der Waals surface area contributed by atoms with E-state index in [0.717, 1.165) is 44.9 Å². The molecule has 322 valence electrons. The Morgan fingerprint density at radius 3 is 1.93 bits per heavy atom. The van der Waals surface area contributed by atoms with Gasteiger partial charge < -0.3 is 30.3 Å². The monoisotopic (exact) mass is 808 g/mol. The van der Waals surface area contributed by atoms with E-state index in [2.05, 4.69) is 19.1 Å².